The normalized spacial score (nSPS) is 13.5. The molecular formula is C13H12ClFN4S. The Labute approximate surface area is 125 Å². The molecule has 0 unspecified atom stereocenters. The molecule has 2 N–H and O–H groups in total. The van der Waals surface area contributed by atoms with Crippen molar-refractivity contribution in [3.8, 4) is 0 Å². The van der Waals surface area contributed by atoms with Crippen LogP contribution in [0.1, 0.15) is 12.0 Å². The van der Waals surface area contributed by atoms with E-state index < -0.39 is 0 Å². The molecular weight excluding hydrogens is 299 g/mol. The zero-order valence-corrected chi connectivity index (χ0v) is 12.1. The summed E-state index contributed by atoms with van der Waals surface area (Å²) in [7, 11) is 0. The minimum Gasteiger partial charge on any atom is -0.385 e. The summed E-state index contributed by atoms with van der Waals surface area (Å²) in [5, 5.41) is 6.51. The molecule has 1 aromatic heterocycles. The van der Waals surface area contributed by atoms with Crippen LogP contribution in [0.3, 0.4) is 0 Å². The third kappa shape index (κ3) is 2.81. The van der Waals surface area contributed by atoms with Crippen LogP contribution in [0.4, 0.5) is 21.1 Å². The summed E-state index contributed by atoms with van der Waals surface area (Å²) in [4.78, 5) is 8.08. The molecule has 0 amide bonds. The van der Waals surface area contributed by atoms with Crippen LogP contribution in [0.5, 0.6) is 0 Å². The first kappa shape index (κ1) is 13.5. The Hall–Kier alpha value is -1.53. The number of rotatable bonds is 3. The van der Waals surface area contributed by atoms with Crippen molar-refractivity contribution in [2.45, 2.75) is 17.7 Å². The lowest BCUT2D eigenvalue weighted by Gasteiger charge is -2.19. The molecule has 7 heteroatoms. The van der Waals surface area contributed by atoms with E-state index in [1.807, 2.05) is 12.1 Å². The predicted molar refractivity (Wildman–Crippen MR) is 80.5 cm³/mol. The Morgan fingerprint density at radius 2 is 2.30 bits per heavy atom. The molecule has 20 heavy (non-hydrogen) atoms. The largest absolute Gasteiger partial charge is 0.385 e. The molecule has 1 aliphatic heterocycles. The fourth-order valence-electron chi connectivity index (χ4n) is 2.17. The Kier molecular flexibility index (Phi) is 3.93. The number of anilines is 3. The van der Waals surface area contributed by atoms with Crippen molar-refractivity contribution < 1.29 is 3.89 Å². The Bertz CT molecular complexity index is 638. The van der Waals surface area contributed by atoms with Gasteiger partial charge in [-0.1, -0.05) is 6.07 Å². The van der Waals surface area contributed by atoms with E-state index in [0.29, 0.717) is 10.7 Å². The van der Waals surface area contributed by atoms with E-state index >= 15 is 0 Å². The average molecular weight is 311 g/mol. The highest BCUT2D eigenvalue weighted by Gasteiger charge is 2.11. The van der Waals surface area contributed by atoms with Crippen molar-refractivity contribution in [3.05, 3.63) is 35.2 Å². The Balaban J connectivity index is 1.89. The maximum atomic E-state index is 12.8. The molecule has 1 aliphatic rings. The molecule has 2 aromatic rings. The SMILES string of the molecule is FSc1cnc(Cl)nc1Nc1ccc2c(c1)NCCC2. The van der Waals surface area contributed by atoms with Crippen molar-refractivity contribution in [3.63, 3.8) is 0 Å². The van der Waals surface area contributed by atoms with Gasteiger partial charge in [-0.3, -0.25) is 0 Å². The number of nitrogens with one attached hydrogen (secondary N) is 2. The monoisotopic (exact) mass is 310 g/mol. The first-order chi connectivity index (χ1) is 9.76. The van der Waals surface area contributed by atoms with Gasteiger partial charge < -0.3 is 10.6 Å². The second kappa shape index (κ2) is 5.85. The van der Waals surface area contributed by atoms with Crippen LogP contribution in [0.2, 0.25) is 5.28 Å². The zero-order valence-electron chi connectivity index (χ0n) is 10.5. The van der Waals surface area contributed by atoms with E-state index in [1.165, 1.54) is 11.8 Å². The van der Waals surface area contributed by atoms with E-state index in [-0.39, 0.29) is 17.4 Å². The molecule has 0 spiro atoms. The van der Waals surface area contributed by atoms with Gasteiger partial charge in [0.05, 0.1) is 18.3 Å². The summed E-state index contributed by atoms with van der Waals surface area (Å²) in [6, 6.07) is 6.01. The molecule has 0 saturated heterocycles. The van der Waals surface area contributed by atoms with Crippen LogP contribution in [-0.4, -0.2) is 16.5 Å². The van der Waals surface area contributed by atoms with E-state index in [9.17, 15) is 3.89 Å². The van der Waals surface area contributed by atoms with Crippen molar-refractivity contribution in [2.75, 3.05) is 17.2 Å². The van der Waals surface area contributed by atoms with Gasteiger partial charge in [0.1, 0.15) is 4.90 Å². The second-order valence-corrected chi connectivity index (χ2v) is 5.39. The lowest BCUT2D eigenvalue weighted by atomic mass is 10.0. The lowest BCUT2D eigenvalue weighted by molar-refractivity contribution is 0.830. The van der Waals surface area contributed by atoms with Gasteiger partial charge in [-0.15, -0.1) is 0 Å². The second-order valence-electron chi connectivity index (χ2n) is 4.46. The number of aromatic nitrogens is 2. The number of hydrogen-bond acceptors (Lipinski definition) is 5. The number of hydrogen-bond donors (Lipinski definition) is 2. The van der Waals surface area contributed by atoms with Crippen LogP contribution < -0.4 is 10.6 Å². The molecule has 0 aliphatic carbocycles. The van der Waals surface area contributed by atoms with Crippen LogP contribution in [0, 0.1) is 0 Å². The highest BCUT2D eigenvalue weighted by molar-refractivity contribution is 7.94. The fraction of sp³-hybridized carbons (Fsp3) is 0.231. The van der Waals surface area contributed by atoms with Gasteiger partial charge in [0.15, 0.2) is 5.82 Å². The summed E-state index contributed by atoms with van der Waals surface area (Å²) >= 11 is 5.84. The molecule has 0 radical (unpaired) electrons. The highest BCUT2D eigenvalue weighted by Crippen LogP contribution is 2.31. The van der Waals surface area contributed by atoms with Gasteiger partial charge in [0, 0.05) is 17.9 Å². The number of halogens is 2. The maximum Gasteiger partial charge on any atom is 0.224 e. The van der Waals surface area contributed by atoms with Gasteiger partial charge >= 0.3 is 0 Å². The summed E-state index contributed by atoms with van der Waals surface area (Å²) < 4.78 is 12.8. The van der Waals surface area contributed by atoms with Gasteiger partial charge in [-0.2, -0.15) is 8.87 Å². The molecule has 0 fully saturated rings. The van der Waals surface area contributed by atoms with Gasteiger partial charge in [0.25, 0.3) is 0 Å². The number of benzene rings is 1. The van der Waals surface area contributed by atoms with Gasteiger partial charge in [-0.25, -0.2) is 4.98 Å². The molecule has 4 nitrogen and oxygen atoms in total. The Morgan fingerprint density at radius 3 is 3.15 bits per heavy atom. The molecule has 1 aromatic carbocycles. The summed E-state index contributed by atoms with van der Waals surface area (Å²) in [5.41, 5.74) is 3.24. The number of nitrogens with zero attached hydrogens (tertiary/aromatic N) is 2. The van der Waals surface area contributed by atoms with Crippen molar-refractivity contribution in [2.24, 2.45) is 0 Å². The third-order valence-corrected chi connectivity index (χ3v) is 3.77. The quantitative estimate of drug-likeness (QED) is 0.832. The van der Waals surface area contributed by atoms with E-state index in [4.69, 9.17) is 11.6 Å². The average Bonchev–Trinajstić information content (AvgIpc) is 2.47. The van der Waals surface area contributed by atoms with E-state index in [1.54, 1.807) is 0 Å². The first-order valence-electron chi connectivity index (χ1n) is 6.21. The topological polar surface area (TPSA) is 49.8 Å². The summed E-state index contributed by atoms with van der Waals surface area (Å²) in [6.45, 7) is 0.974. The molecule has 2 heterocycles. The van der Waals surface area contributed by atoms with E-state index in [0.717, 1.165) is 30.8 Å². The predicted octanol–water partition coefficient (Wildman–Crippen LogP) is 4.21. The smallest absolute Gasteiger partial charge is 0.224 e. The summed E-state index contributed by atoms with van der Waals surface area (Å²) in [5.74, 6) is 0.369. The third-order valence-electron chi connectivity index (χ3n) is 3.12. The molecule has 0 saturated carbocycles. The van der Waals surface area contributed by atoms with Crippen molar-refractivity contribution in [1.82, 2.24) is 9.97 Å². The first-order valence-corrected chi connectivity index (χ1v) is 7.31. The number of aryl methyl sites for hydroxylation is 1. The molecule has 3 rings (SSSR count). The van der Waals surface area contributed by atoms with Crippen molar-refractivity contribution >= 4 is 40.9 Å². The molecule has 0 atom stereocenters. The zero-order chi connectivity index (χ0) is 13.9. The number of fused-ring (bicyclic) bond motifs is 1. The minimum atomic E-state index is 0.0846. The lowest BCUT2D eigenvalue weighted by Crippen LogP contribution is -2.11. The maximum absolute atomic E-state index is 12.8. The Morgan fingerprint density at radius 1 is 1.40 bits per heavy atom. The molecule has 0 bridgehead atoms. The standard InChI is InChI=1S/C13H12ClFN4S/c14-13-17-7-11(20-15)12(19-13)18-9-4-3-8-2-1-5-16-10(8)6-9/h3-4,6-7,16H,1-2,5H2,(H,17,18,19). The van der Waals surface area contributed by atoms with Crippen molar-refractivity contribution in [1.29, 1.82) is 0 Å². The van der Waals surface area contributed by atoms with Gasteiger partial charge in [-0.05, 0) is 42.1 Å². The fourth-order valence-corrected chi connectivity index (χ4v) is 2.57. The van der Waals surface area contributed by atoms with Crippen LogP contribution >= 0.6 is 23.7 Å². The van der Waals surface area contributed by atoms with Crippen LogP contribution in [0.15, 0.2) is 29.3 Å². The van der Waals surface area contributed by atoms with E-state index in [2.05, 4.69) is 26.7 Å². The van der Waals surface area contributed by atoms with Crippen LogP contribution in [-0.2, 0) is 6.42 Å². The molecule has 104 valence electrons. The van der Waals surface area contributed by atoms with Gasteiger partial charge in [0.2, 0.25) is 5.28 Å². The highest BCUT2D eigenvalue weighted by atomic mass is 35.5. The van der Waals surface area contributed by atoms with Crippen LogP contribution in [0.25, 0.3) is 0 Å². The summed E-state index contributed by atoms with van der Waals surface area (Å²) in [6.07, 6.45) is 3.58. The minimum absolute atomic E-state index is 0.0846.